The van der Waals surface area contributed by atoms with E-state index in [4.69, 9.17) is 14.9 Å². The van der Waals surface area contributed by atoms with Gasteiger partial charge in [0.15, 0.2) is 0 Å². The third-order valence-electron chi connectivity index (χ3n) is 2.40. The Kier molecular flexibility index (Phi) is 3.13. The first-order valence-corrected chi connectivity index (χ1v) is 5.18. The number of aromatic nitrogens is 2. The van der Waals surface area contributed by atoms with Gasteiger partial charge in [0.1, 0.15) is 5.75 Å². The molecule has 6 heteroatoms. The maximum Gasteiger partial charge on any atom is 0.317 e. The molecule has 3 N–H and O–H groups in total. The van der Waals surface area contributed by atoms with Crippen LogP contribution in [0.15, 0.2) is 28.7 Å². The van der Waals surface area contributed by atoms with Gasteiger partial charge in [0.25, 0.3) is 0 Å². The van der Waals surface area contributed by atoms with E-state index in [2.05, 4.69) is 15.5 Å². The maximum atomic E-state index is 5.33. The van der Waals surface area contributed by atoms with Crippen molar-refractivity contribution < 1.29 is 9.15 Å². The average molecular weight is 234 g/mol. The molecule has 0 amide bonds. The smallest absolute Gasteiger partial charge is 0.317 e. The lowest BCUT2D eigenvalue weighted by Crippen LogP contribution is -2.06. The molecule has 0 aliphatic carbocycles. The minimum Gasteiger partial charge on any atom is -0.497 e. The number of hydrogen-bond donors (Lipinski definition) is 2. The van der Waals surface area contributed by atoms with Gasteiger partial charge in [-0.15, -0.1) is 0 Å². The minimum atomic E-state index is 0.0424. The molecule has 0 bridgehead atoms. The third-order valence-corrected chi connectivity index (χ3v) is 2.40. The topological polar surface area (TPSA) is 86.2 Å². The zero-order valence-electron chi connectivity index (χ0n) is 9.68. The molecule has 1 atom stereocenters. The third kappa shape index (κ3) is 2.66. The number of nitrogens with zero attached hydrogens (tertiary/aromatic N) is 2. The number of benzene rings is 1. The van der Waals surface area contributed by atoms with Crippen LogP contribution in [-0.2, 0) is 0 Å². The van der Waals surface area contributed by atoms with Gasteiger partial charge in [-0.1, -0.05) is 22.3 Å². The van der Waals surface area contributed by atoms with E-state index < -0.39 is 0 Å². The van der Waals surface area contributed by atoms with Crippen molar-refractivity contribution >= 4 is 12.0 Å². The van der Waals surface area contributed by atoms with Gasteiger partial charge in [-0.05, 0) is 24.6 Å². The first-order chi connectivity index (χ1) is 8.19. The summed E-state index contributed by atoms with van der Waals surface area (Å²) in [6.45, 7) is 1.99. The molecular formula is C11H14N4O2. The average Bonchev–Trinajstić information content (AvgIpc) is 2.75. The highest BCUT2D eigenvalue weighted by atomic mass is 16.5. The van der Waals surface area contributed by atoms with Crippen molar-refractivity contribution in [1.29, 1.82) is 0 Å². The molecule has 0 fully saturated rings. The molecule has 0 radical (unpaired) electrons. The van der Waals surface area contributed by atoms with Gasteiger partial charge in [0.2, 0.25) is 0 Å². The van der Waals surface area contributed by atoms with Crippen LogP contribution >= 0.6 is 0 Å². The molecule has 2 rings (SSSR count). The van der Waals surface area contributed by atoms with Crippen molar-refractivity contribution in [3.05, 3.63) is 29.8 Å². The number of methoxy groups -OCH3 is 1. The quantitative estimate of drug-likeness (QED) is 0.839. The van der Waals surface area contributed by atoms with Crippen LogP contribution in [0.2, 0.25) is 0 Å². The van der Waals surface area contributed by atoms with Gasteiger partial charge in [-0.2, -0.15) is 0 Å². The lowest BCUT2D eigenvalue weighted by atomic mass is 10.1. The second-order valence-electron chi connectivity index (χ2n) is 3.58. The highest BCUT2D eigenvalue weighted by molar-refractivity contribution is 5.33. The van der Waals surface area contributed by atoms with Gasteiger partial charge < -0.3 is 20.2 Å². The number of anilines is 2. The number of rotatable bonds is 4. The number of nitrogen functional groups attached to an aromatic ring is 1. The lowest BCUT2D eigenvalue weighted by molar-refractivity contribution is 0.414. The molecule has 0 aliphatic heterocycles. The monoisotopic (exact) mass is 234 g/mol. The van der Waals surface area contributed by atoms with E-state index >= 15 is 0 Å². The molecule has 0 saturated heterocycles. The molecule has 17 heavy (non-hydrogen) atoms. The van der Waals surface area contributed by atoms with Crippen LogP contribution in [0.5, 0.6) is 5.75 Å². The zero-order chi connectivity index (χ0) is 12.3. The largest absolute Gasteiger partial charge is 0.497 e. The summed E-state index contributed by atoms with van der Waals surface area (Å²) in [7, 11) is 1.64. The SMILES string of the molecule is COc1ccc(C(C)Nc2nnc(N)o2)cc1. The molecule has 1 unspecified atom stereocenters. The first kappa shape index (κ1) is 11.3. The summed E-state index contributed by atoms with van der Waals surface area (Å²) in [5.74, 6) is 0.822. The summed E-state index contributed by atoms with van der Waals surface area (Å²) in [6.07, 6.45) is 0. The van der Waals surface area contributed by atoms with E-state index in [1.54, 1.807) is 7.11 Å². The minimum absolute atomic E-state index is 0.0424. The van der Waals surface area contributed by atoms with E-state index in [0.29, 0.717) is 6.01 Å². The zero-order valence-corrected chi connectivity index (χ0v) is 9.68. The van der Waals surface area contributed by atoms with E-state index in [9.17, 15) is 0 Å². The van der Waals surface area contributed by atoms with Crippen molar-refractivity contribution in [1.82, 2.24) is 10.2 Å². The summed E-state index contributed by atoms with van der Waals surface area (Å²) >= 11 is 0. The number of ether oxygens (including phenoxy) is 1. The second kappa shape index (κ2) is 4.73. The Morgan fingerprint density at radius 2 is 2.00 bits per heavy atom. The molecule has 0 saturated carbocycles. The Balaban J connectivity index is 2.06. The van der Waals surface area contributed by atoms with Crippen molar-refractivity contribution in [2.24, 2.45) is 0 Å². The fraction of sp³-hybridized carbons (Fsp3) is 0.273. The Morgan fingerprint density at radius 3 is 2.53 bits per heavy atom. The van der Waals surface area contributed by atoms with Crippen molar-refractivity contribution in [3.63, 3.8) is 0 Å². The van der Waals surface area contributed by atoms with Gasteiger partial charge in [-0.3, -0.25) is 0 Å². The van der Waals surface area contributed by atoms with Crippen molar-refractivity contribution in [2.45, 2.75) is 13.0 Å². The van der Waals surface area contributed by atoms with E-state index in [1.807, 2.05) is 31.2 Å². The molecule has 0 spiro atoms. The van der Waals surface area contributed by atoms with E-state index in [1.165, 1.54) is 0 Å². The van der Waals surface area contributed by atoms with Crippen LogP contribution in [0.3, 0.4) is 0 Å². The molecule has 1 aromatic carbocycles. The lowest BCUT2D eigenvalue weighted by Gasteiger charge is -2.12. The summed E-state index contributed by atoms with van der Waals surface area (Å²) in [4.78, 5) is 0. The fourth-order valence-corrected chi connectivity index (χ4v) is 1.45. The van der Waals surface area contributed by atoms with Crippen molar-refractivity contribution in [2.75, 3.05) is 18.2 Å². The Labute approximate surface area is 98.8 Å². The molecule has 6 nitrogen and oxygen atoms in total. The van der Waals surface area contributed by atoms with Crippen LogP contribution in [0.4, 0.5) is 12.0 Å². The summed E-state index contributed by atoms with van der Waals surface area (Å²) < 4.78 is 10.1. The highest BCUT2D eigenvalue weighted by Gasteiger charge is 2.09. The summed E-state index contributed by atoms with van der Waals surface area (Å²) in [5, 5.41) is 10.4. The number of nitrogens with one attached hydrogen (secondary N) is 1. The van der Waals surface area contributed by atoms with Gasteiger partial charge in [-0.25, -0.2) is 0 Å². The first-order valence-electron chi connectivity index (χ1n) is 5.18. The Hall–Kier alpha value is -2.24. The van der Waals surface area contributed by atoms with Gasteiger partial charge in [0.05, 0.1) is 13.2 Å². The van der Waals surface area contributed by atoms with Crippen LogP contribution < -0.4 is 15.8 Å². The van der Waals surface area contributed by atoms with Crippen LogP contribution in [0.25, 0.3) is 0 Å². The summed E-state index contributed by atoms with van der Waals surface area (Å²) in [5.41, 5.74) is 6.42. The predicted octanol–water partition coefficient (Wildman–Crippen LogP) is 1.83. The molecule has 2 aromatic rings. The molecule has 90 valence electrons. The molecular weight excluding hydrogens is 220 g/mol. The van der Waals surface area contributed by atoms with Crippen LogP contribution in [0.1, 0.15) is 18.5 Å². The normalized spacial score (nSPS) is 12.1. The highest BCUT2D eigenvalue weighted by Crippen LogP contribution is 2.21. The number of nitrogens with two attached hydrogens (primary N) is 1. The molecule has 0 aliphatic rings. The second-order valence-corrected chi connectivity index (χ2v) is 3.58. The maximum absolute atomic E-state index is 5.33. The van der Waals surface area contributed by atoms with E-state index in [-0.39, 0.29) is 12.1 Å². The van der Waals surface area contributed by atoms with Crippen molar-refractivity contribution in [3.8, 4) is 5.75 Å². The van der Waals surface area contributed by atoms with Gasteiger partial charge >= 0.3 is 12.0 Å². The van der Waals surface area contributed by atoms with Crippen LogP contribution in [-0.4, -0.2) is 17.3 Å². The number of hydrogen-bond acceptors (Lipinski definition) is 6. The Morgan fingerprint density at radius 1 is 1.29 bits per heavy atom. The van der Waals surface area contributed by atoms with Gasteiger partial charge in [0, 0.05) is 0 Å². The summed E-state index contributed by atoms with van der Waals surface area (Å²) in [6, 6.07) is 8.14. The molecule has 1 heterocycles. The Bertz CT molecular complexity index is 480. The van der Waals surface area contributed by atoms with E-state index in [0.717, 1.165) is 11.3 Å². The molecule has 1 aromatic heterocycles. The fourth-order valence-electron chi connectivity index (χ4n) is 1.45. The standard InChI is InChI=1S/C11H14N4O2/c1-7(13-11-15-14-10(12)17-11)8-3-5-9(16-2)6-4-8/h3-7H,1-2H3,(H2,12,14)(H,13,15). The van der Waals surface area contributed by atoms with Crippen LogP contribution in [0, 0.1) is 0 Å². The predicted molar refractivity (Wildman–Crippen MR) is 63.7 cm³/mol.